The number of carbonyl (C=O) groups is 1. The van der Waals surface area contributed by atoms with Crippen LogP contribution in [0.5, 0.6) is 0 Å². The maximum atomic E-state index is 13.0. The zero-order valence-corrected chi connectivity index (χ0v) is 13.3. The van der Waals surface area contributed by atoms with Crippen molar-refractivity contribution in [2.75, 3.05) is 11.9 Å². The maximum Gasteiger partial charge on any atom is 0.258 e. The fraction of sp³-hybridized carbons (Fsp3) is 0.0476. The first-order chi connectivity index (χ1) is 11.7. The van der Waals surface area contributed by atoms with Crippen LogP contribution in [-0.4, -0.2) is 17.9 Å². The molecule has 1 aromatic heterocycles. The van der Waals surface area contributed by atoms with Crippen molar-refractivity contribution < 1.29 is 4.79 Å². The molecule has 24 heavy (non-hydrogen) atoms. The zero-order chi connectivity index (χ0) is 16.5. The van der Waals surface area contributed by atoms with Gasteiger partial charge in [0.1, 0.15) is 0 Å². The van der Waals surface area contributed by atoms with Gasteiger partial charge >= 0.3 is 0 Å². The molecule has 0 radical (unpaired) electrons. The summed E-state index contributed by atoms with van der Waals surface area (Å²) in [6, 6.07) is 23.7. The SMILES string of the molecule is CN(C(=O)c1ccnc2ccccc12)c1ccc2ccccc2c1. The fourth-order valence-electron chi connectivity index (χ4n) is 2.97. The Morgan fingerprint density at radius 3 is 2.50 bits per heavy atom. The van der Waals surface area contributed by atoms with E-state index < -0.39 is 0 Å². The molecule has 0 unspecified atom stereocenters. The number of hydrogen-bond donors (Lipinski definition) is 0. The highest BCUT2D eigenvalue weighted by Gasteiger charge is 2.16. The first-order valence-corrected chi connectivity index (χ1v) is 7.85. The molecule has 1 amide bonds. The highest BCUT2D eigenvalue weighted by molar-refractivity contribution is 6.13. The molecule has 0 aliphatic rings. The molecule has 0 N–H and O–H groups in total. The Morgan fingerprint density at radius 1 is 0.875 bits per heavy atom. The number of fused-ring (bicyclic) bond motifs is 2. The molecule has 4 aromatic rings. The topological polar surface area (TPSA) is 33.2 Å². The van der Waals surface area contributed by atoms with Gasteiger partial charge in [0.15, 0.2) is 0 Å². The summed E-state index contributed by atoms with van der Waals surface area (Å²) in [4.78, 5) is 19.0. The van der Waals surface area contributed by atoms with E-state index in [1.54, 1.807) is 17.2 Å². The van der Waals surface area contributed by atoms with Gasteiger partial charge in [-0.3, -0.25) is 9.78 Å². The second kappa shape index (κ2) is 5.78. The number of amides is 1. The van der Waals surface area contributed by atoms with Gasteiger partial charge in [-0.05, 0) is 35.0 Å². The lowest BCUT2D eigenvalue weighted by Gasteiger charge is -2.19. The molecule has 0 spiro atoms. The molecule has 3 heteroatoms. The largest absolute Gasteiger partial charge is 0.311 e. The van der Waals surface area contributed by atoms with E-state index in [2.05, 4.69) is 17.1 Å². The van der Waals surface area contributed by atoms with E-state index in [0.29, 0.717) is 5.56 Å². The second-order valence-electron chi connectivity index (χ2n) is 5.77. The van der Waals surface area contributed by atoms with Gasteiger partial charge in [0.25, 0.3) is 5.91 Å². The number of rotatable bonds is 2. The Hall–Kier alpha value is -3.20. The van der Waals surface area contributed by atoms with Gasteiger partial charge in [0.2, 0.25) is 0 Å². The molecule has 116 valence electrons. The molecule has 0 saturated heterocycles. The van der Waals surface area contributed by atoms with E-state index in [4.69, 9.17) is 0 Å². The van der Waals surface area contributed by atoms with Crippen LogP contribution in [0.1, 0.15) is 10.4 Å². The minimum Gasteiger partial charge on any atom is -0.311 e. The summed E-state index contributed by atoms with van der Waals surface area (Å²) < 4.78 is 0. The first kappa shape index (κ1) is 14.4. The van der Waals surface area contributed by atoms with Crippen LogP contribution in [0.25, 0.3) is 21.7 Å². The number of para-hydroxylation sites is 1. The summed E-state index contributed by atoms with van der Waals surface area (Å²) in [6.07, 6.45) is 1.68. The number of anilines is 1. The molecular weight excluding hydrogens is 296 g/mol. The highest BCUT2D eigenvalue weighted by Crippen LogP contribution is 2.24. The van der Waals surface area contributed by atoms with Gasteiger partial charge in [-0.15, -0.1) is 0 Å². The van der Waals surface area contributed by atoms with Crippen molar-refractivity contribution in [3.05, 3.63) is 84.6 Å². The standard InChI is InChI=1S/C21H16N2O/c1-23(17-11-10-15-6-2-3-7-16(15)14-17)21(24)19-12-13-22-20-9-5-4-8-18(19)20/h2-14H,1H3. The van der Waals surface area contributed by atoms with Crippen LogP contribution in [-0.2, 0) is 0 Å². The van der Waals surface area contributed by atoms with Crippen LogP contribution in [0.3, 0.4) is 0 Å². The van der Waals surface area contributed by atoms with Gasteiger partial charge in [0, 0.05) is 24.3 Å². The normalized spacial score (nSPS) is 10.9. The zero-order valence-electron chi connectivity index (χ0n) is 13.3. The summed E-state index contributed by atoms with van der Waals surface area (Å²) in [7, 11) is 1.81. The Bertz CT molecular complexity index is 1050. The van der Waals surface area contributed by atoms with Crippen LogP contribution in [0.15, 0.2) is 79.0 Å². The van der Waals surface area contributed by atoms with E-state index in [1.165, 1.54) is 0 Å². The van der Waals surface area contributed by atoms with Crippen molar-refractivity contribution in [2.24, 2.45) is 0 Å². The van der Waals surface area contributed by atoms with E-state index in [1.807, 2.05) is 61.6 Å². The van der Waals surface area contributed by atoms with E-state index >= 15 is 0 Å². The third-order valence-corrected chi connectivity index (χ3v) is 4.30. The number of pyridine rings is 1. The van der Waals surface area contributed by atoms with Gasteiger partial charge < -0.3 is 4.90 Å². The quantitative estimate of drug-likeness (QED) is 0.539. The predicted octanol–water partition coefficient (Wildman–Crippen LogP) is 4.66. The molecule has 3 nitrogen and oxygen atoms in total. The van der Waals surface area contributed by atoms with Crippen molar-refractivity contribution in [3.63, 3.8) is 0 Å². The Kier molecular flexibility index (Phi) is 3.47. The minimum atomic E-state index is -0.0381. The molecule has 3 aromatic carbocycles. The highest BCUT2D eigenvalue weighted by atomic mass is 16.2. The summed E-state index contributed by atoms with van der Waals surface area (Å²) in [5.41, 5.74) is 2.37. The van der Waals surface area contributed by atoms with Crippen molar-refractivity contribution >= 4 is 33.3 Å². The van der Waals surface area contributed by atoms with Crippen molar-refractivity contribution in [3.8, 4) is 0 Å². The molecule has 0 saturated carbocycles. The maximum absolute atomic E-state index is 13.0. The Morgan fingerprint density at radius 2 is 1.62 bits per heavy atom. The van der Waals surface area contributed by atoms with Crippen molar-refractivity contribution in [1.82, 2.24) is 4.98 Å². The summed E-state index contributed by atoms with van der Waals surface area (Å²) in [5, 5.41) is 3.16. The Balaban J connectivity index is 1.77. The first-order valence-electron chi connectivity index (χ1n) is 7.85. The van der Waals surface area contributed by atoms with E-state index in [0.717, 1.165) is 27.4 Å². The third kappa shape index (κ3) is 2.40. The number of benzene rings is 3. The lowest BCUT2D eigenvalue weighted by atomic mass is 10.1. The van der Waals surface area contributed by atoms with Crippen LogP contribution < -0.4 is 4.90 Å². The van der Waals surface area contributed by atoms with Crippen LogP contribution in [0, 0.1) is 0 Å². The molecule has 0 bridgehead atoms. The molecular formula is C21H16N2O. The average molecular weight is 312 g/mol. The van der Waals surface area contributed by atoms with Crippen LogP contribution in [0.2, 0.25) is 0 Å². The van der Waals surface area contributed by atoms with Gasteiger partial charge in [0.05, 0.1) is 11.1 Å². The predicted molar refractivity (Wildman–Crippen MR) is 98.4 cm³/mol. The smallest absolute Gasteiger partial charge is 0.258 e. The number of aromatic nitrogens is 1. The molecule has 0 aliphatic heterocycles. The summed E-state index contributed by atoms with van der Waals surface area (Å²) >= 11 is 0. The number of nitrogens with zero attached hydrogens (tertiary/aromatic N) is 2. The fourth-order valence-corrected chi connectivity index (χ4v) is 2.97. The van der Waals surface area contributed by atoms with Crippen molar-refractivity contribution in [1.29, 1.82) is 0 Å². The average Bonchev–Trinajstić information content (AvgIpc) is 2.66. The van der Waals surface area contributed by atoms with E-state index in [-0.39, 0.29) is 5.91 Å². The number of carbonyl (C=O) groups excluding carboxylic acids is 1. The number of hydrogen-bond acceptors (Lipinski definition) is 2. The van der Waals surface area contributed by atoms with Gasteiger partial charge in [-0.2, -0.15) is 0 Å². The molecule has 0 atom stereocenters. The molecule has 1 heterocycles. The lowest BCUT2D eigenvalue weighted by molar-refractivity contribution is 0.0994. The second-order valence-corrected chi connectivity index (χ2v) is 5.77. The van der Waals surface area contributed by atoms with E-state index in [9.17, 15) is 4.79 Å². The Labute approximate surface area is 140 Å². The summed E-state index contributed by atoms with van der Waals surface area (Å²) in [5.74, 6) is -0.0381. The minimum absolute atomic E-state index is 0.0381. The monoisotopic (exact) mass is 312 g/mol. The molecule has 0 fully saturated rings. The van der Waals surface area contributed by atoms with Crippen molar-refractivity contribution in [2.45, 2.75) is 0 Å². The van der Waals surface area contributed by atoms with Gasteiger partial charge in [-0.25, -0.2) is 0 Å². The van der Waals surface area contributed by atoms with Crippen LogP contribution >= 0.6 is 0 Å². The lowest BCUT2D eigenvalue weighted by Crippen LogP contribution is -2.26. The third-order valence-electron chi connectivity index (χ3n) is 4.30. The molecule has 0 aliphatic carbocycles. The molecule has 4 rings (SSSR count). The van der Waals surface area contributed by atoms with Crippen LogP contribution in [0.4, 0.5) is 5.69 Å². The summed E-state index contributed by atoms with van der Waals surface area (Å²) in [6.45, 7) is 0. The van der Waals surface area contributed by atoms with Gasteiger partial charge in [-0.1, -0.05) is 48.5 Å².